The minimum absolute atomic E-state index is 0.165. The molecule has 2 aromatic heterocycles. The van der Waals surface area contributed by atoms with E-state index in [1.807, 2.05) is 51.1 Å². The summed E-state index contributed by atoms with van der Waals surface area (Å²) in [6.45, 7) is 6.67. The molecule has 1 amide bonds. The normalized spacial score (nSPS) is 11.5. The van der Waals surface area contributed by atoms with E-state index >= 15 is 0 Å². The van der Waals surface area contributed by atoms with Crippen molar-refractivity contribution in [1.82, 2.24) is 9.88 Å². The fraction of sp³-hybridized carbons (Fsp3) is 0.273. The second-order valence-corrected chi connectivity index (χ2v) is 11.4. The molecular formula is C22H22BrFN2O2S2. The van der Waals surface area contributed by atoms with E-state index in [1.54, 1.807) is 12.1 Å². The average Bonchev–Trinajstić information content (AvgIpc) is 3.02. The van der Waals surface area contributed by atoms with Crippen LogP contribution in [0.25, 0.3) is 11.1 Å². The number of halogens is 2. The van der Waals surface area contributed by atoms with Crippen LogP contribution in [0.5, 0.6) is 0 Å². The van der Waals surface area contributed by atoms with E-state index in [1.165, 1.54) is 34.2 Å². The molecule has 1 aromatic carbocycles. The Bertz CT molecular complexity index is 1050. The molecule has 8 heteroatoms. The smallest absolute Gasteiger partial charge is 0.407 e. The Hall–Kier alpha value is -1.90. The number of aromatic nitrogens is 1. The quantitative estimate of drug-likeness (QED) is 0.352. The molecule has 0 aliphatic rings. The van der Waals surface area contributed by atoms with E-state index in [9.17, 15) is 14.3 Å². The number of pyridine rings is 1. The van der Waals surface area contributed by atoms with Crippen LogP contribution in [0.15, 0.2) is 62.2 Å². The van der Waals surface area contributed by atoms with Crippen LogP contribution in [-0.4, -0.2) is 27.6 Å². The van der Waals surface area contributed by atoms with E-state index in [0.29, 0.717) is 12.1 Å². The topological polar surface area (TPSA) is 53.4 Å². The molecular weight excluding hydrogens is 487 g/mol. The van der Waals surface area contributed by atoms with Crippen molar-refractivity contribution in [3.8, 4) is 11.1 Å². The number of benzene rings is 1. The van der Waals surface area contributed by atoms with Gasteiger partial charge in [0, 0.05) is 38.1 Å². The van der Waals surface area contributed by atoms with Crippen LogP contribution in [0.4, 0.5) is 9.18 Å². The standard InChI is InChI=1S/C22H22BrFN2O2S2/c1-22(2,3)13-26(21(27)28)12-16-11-18(17-8-5-9-25-19(17)24)20(30-16)29-15-7-4-6-14(23)10-15/h4-11H,12-13H2,1-3H3,(H,27,28). The number of nitrogens with zero attached hydrogens (tertiary/aromatic N) is 2. The van der Waals surface area contributed by atoms with E-state index < -0.39 is 12.0 Å². The Balaban J connectivity index is 1.99. The highest BCUT2D eigenvalue weighted by Gasteiger charge is 2.23. The number of carboxylic acid groups (broad SMARTS) is 1. The van der Waals surface area contributed by atoms with Gasteiger partial charge in [-0.2, -0.15) is 4.39 Å². The van der Waals surface area contributed by atoms with Crippen LogP contribution in [0.3, 0.4) is 0 Å². The first-order valence-electron chi connectivity index (χ1n) is 9.27. The van der Waals surface area contributed by atoms with Gasteiger partial charge in [0.25, 0.3) is 0 Å². The summed E-state index contributed by atoms with van der Waals surface area (Å²) in [6.07, 6.45) is 0.455. The van der Waals surface area contributed by atoms with Crippen LogP contribution in [0.1, 0.15) is 25.6 Å². The monoisotopic (exact) mass is 508 g/mol. The van der Waals surface area contributed by atoms with E-state index in [-0.39, 0.29) is 12.0 Å². The lowest BCUT2D eigenvalue weighted by Crippen LogP contribution is -2.36. The Kier molecular flexibility index (Phi) is 7.21. The van der Waals surface area contributed by atoms with Gasteiger partial charge >= 0.3 is 6.09 Å². The molecule has 0 atom stereocenters. The zero-order valence-electron chi connectivity index (χ0n) is 16.9. The summed E-state index contributed by atoms with van der Waals surface area (Å²) < 4.78 is 16.3. The second-order valence-electron chi connectivity index (χ2n) is 8.01. The number of carbonyl (C=O) groups is 1. The Morgan fingerprint density at radius 1 is 1.23 bits per heavy atom. The van der Waals surface area contributed by atoms with Crippen molar-refractivity contribution in [2.45, 2.75) is 36.4 Å². The molecule has 3 aromatic rings. The lowest BCUT2D eigenvalue weighted by molar-refractivity contribution is 0.123. The first kappa shape index (κ1) is 22.8. The van der Waals surface area contributed by atoms with Crippen LogP contribution in [0, 0.1) is 11.4 Å². The predicted molar refractivity (Wildman–Crippen MR) is 124 cm³/mol. The molecule has 2 heterocycles. The van der Waals surface area contributed by atoms with E-state index in [4.69, 9.17) is 0 Å². The SMILES string of the molecule is CC(C)(C)CN(Cc1cc(-c2cccnc2F)c(Sc2cccc(Br)c2)s1)C(=O)O. The summed E-state index contributed by atoms with van der Waals surface area (Å²) in [4.78, 5) is 18.8. The summed E-state index contributed by atoms with van der Waals surface area (Å²) in [6, 6.07) is 13.2. The summed E-state index contributed by atoms with van der Waals surface area (Å²) >= 11 is 6.49. The van der Waals surface area contributed by atoms with Crippen molar-refractivity contribution in [1.29, 1.82) is 0 Å². The van der Waals surface area contributed by atoms with Gasteiger partial charge in [-0.15, -0.1) is 11.3 Å². The lowest BCUT2D eigenvalue weighted by Gasteiger charge is -2.27. The summed E-state index contributed by atoms with van der Waals surface area (Å²) in [5, 5.41) is 9.65. The number of amides is 1. The Morgan fingerprint density at radius 2 is 2.00 bits per heavy atom. The Labute approximate surface area is 192 Å². The first-order valence-corrected chi connectivity index (χ1v) is 11.7. The maximum absolute atomic E-state index is 14.5. The zero-order valence-corrected chi connectivity index (χ0v) is 20.1. The molecule has 0 unspecified atom stereocenters. The third kappa shape index (κ3) is 6.06. The molecule has 0 radical (unpaired) electrons. The maximum Gasteiger partial charge on any atom is 0.407 e. The van der Waals surface area contributed by atoms with Crippen molar-refractivity contribution >= 4 is 45.1 Å². The van der Waals surface area contributed by atoms with Crippen LogP contribution in [-0.2, 0) is 6.54 Å². The lowest BCUT2D eigenvalue weighted by atomic mass is 9.96. The van der Waals surface area contributed by atoms with Crippen LogP contribution >= 0.6 is 39.0 Å². The molecule has 158 valence electrons. The predicted octanol–water partition coefficient (Wildman–Crippen LogP) is 7.39. The molecule has 0 aliphatic heterocycles. The molecule has 30 heavy (non-hydrogen) atoms. The summed E-state index contributed by atoms with van der Waals surface area (Å²) in [5.74, 6) is -0.539. The third-order valence-corrected chi connectivity index (χ3v) is 6.89. The highest BCUT2D eigenvalue weighted by Crippen LogP contribution is 2.43. The van der Waals surface area contributed by atoms with Gasteiger partial charge in [-0.1, -0.05) is 54.5 Å². The maximum atomic E-state index is 14.5. The summed E-state index contributed by atoms with van der Waals surface area (Å²) in [5.41, 5.74) is 0.976. The van der Waals surface area contributed by atoms with Crippen molar-refractivity contribution < 1.29 is 14.3 Å². The van der Waals surface area contributed by atoms with Crippen LogP contribution in [0.2, 0.25) is 0 Å². The van der Waals surface area contributed by atoms with Gasteiger partial charge in [0.1, 0.15) is 0 Å². The number of hydrogen-bond acceptors (Lipinski definition) is 4. The molecule has 0 aliphatic carbocycles. The van der Waals surface area contributed by atoms with Crippen molar-refractivity contribution in [2.75, 3.05) is 6.54 Å². The van der Waals surface area contributed by atoms with Gasteiger partial charge in [-0.05, 0) is 41.8 Å². The number of rotatable bonds is 6. The van der Waals surface area contributed by atoms with Gasteiger partial charge < -0.3 is 10.0 Å². The van der Waals surface area contributed by atoms with Gasteiger partial charge in [-0.3, -0.25) is 0 Å². The van der Waals surface area contributed by atoms with E-state index in [2.05, 4.69) is 20.9 Å². The molecule has 1 N–H and O–H groups in total. The van der Waals surface area contributed by atoms with Crippen molar-refractivity contribution in [3.63, 3.8) is 0 Å². The fourth-order valence-electron chi connectivity index (χ4n) is 2.94. The zero-order chi connectivity index (χ0) is 21.9. The summed E-state index contributed by atoms with van der Waals surface area (Å²) in [7, 11) is 0. The first-order chi connectivity index (χ1) is 14.1. The molecule has 0 spiro atoms. The van der Waals surface area contributed by atoms with Gasteiger partial charge in [0.15, 0.2) is 0 Å². The average molecular weight is 509 g/mol. The molecule has 0 saturated heterocycles. The minimum Gasteiger partial charge on any atom is -0.465 e. The minimum atomic E-state index is -0.964. The van der Waals surface area contributed by atoms with Crippen molar-refractivity contribution in [3.05, 3.63) is 64.0 Å². The number of hydrogen-bond donors (Lipinski definition) is 1. The van der Waals surface area contributed by atoms with E-state index in [0.717, 1.165) is 24.0 Å². The molecule has 0 bridgehead atoms. The molecule has 0 fully saturated rings. The fourth-order valence-corrected chi connectivity index (χ4v) is 6.01. The highest BCUT2D eigenvalue weighted by atomic mass is 79.9. The van der Waals surface area contributed by atoms with Gasteiger partial charge in [-0.25, -0.2) is 9.78 Å². The van der Waals surface area contributed by atoms with Gasteiger partial charge in [0.2, 0.25) is 5.95 Å². The third-order valence-electron chi connectivity index (χ3n) is 4.09. The molecule has 0 saturated carbocycles. The largest absolute Gasteiger partial charge is 0.465 e. The van der Waals surface area contributed by atoms with Gasteiger partial charge in [0.05, 0.1) is 10.8 Å². The van der Waals surface area contributed by atoms with Crippen molar-refractivity contribution in [2.24, 2.45) is 5.41 Å². The molecule has 4 nitrogen and oxygen atoms in total. The Morgan fingerprint density at radius 3 is 2.63 bits per heavy atom. The highest BCUT2D eigenvalue weighted by molar-refractivity contribution is 9.10. The number of thiophene rings is 1. The second kappa shape index (κ2) is 9.49. The van der Waals surface area contributed by atoms with Crippen LogP contribution < -0.4 is 0 Å². The molecule has 3 rings (SSSR count).